The summed E-state index contributed by atoms with van der Waals surface area (Å²) in [5.41, 5.74) is 4.19. The Morgan fingerprint density at radius 2 is 1.60 bits per heavy atom. The van der Waals surface area contributed by atoms with E-state index in [0.717, 1.165) is 11.8 Å². The second-order valence-electron chi connectivity index (χ2n) is 3.05. The van der Waals surface area contributed by atoms with E-state index in [1.54, 1.807) is 0 Å². The molecule has 15 heavy (non-hydrogen) atoms. The summed E-state index contributed by atoms with van der Waals surface area (Å²) in [6.45, 7) is 4.31. The minimum Gasteiger partial charge on any atom is -0.0924 e. The summed E-state index contributed by atoms with van der Waals surface area (Å²) < 4.78 is -0.183. The van der Waals surface area contributed by atoms with E-state index in [4.69, 9.17) is 0 Å². The molecule has 0 spiro atoms. The van der Waals surface area contributed by atoms with Crippen molar-refractivity contribution in [1.82, 2.24) is 0 Å². The van der Waals surface area contributed by atoms with Crippen LogP contribution in [-0.4, -0.2) is 5.33 Å². The SMILES string of the molecule is BrP(Br)Br.Cc1ccc(CCBr)cc1C. The molecule has 0 nitrogen and oxygen atoms in total. The Hall–Kier alpha value is 1.57. The van der Waals surface area contributed by atoms with E-state index >= 15 is 0 Å². The molecule has 0 saturated carbocycles. The van der Waals surface area contributed by atoms with E-state index < -0.39 is 0 Å². The summed E-state index contributed by atoms with van der Waals surface area (Å²) in [6, 6.07) is 6.65. The van der Waals surface area contributed by atoms with Crippen molar-refractivity contribution in [2.24, 2.45) is 0 Å². The van der Waals surface area contributed by atoms with Gasteiger partial charge in [-0.1, -0.05) is 34.1 Å². The lowest BCUT2D eigenvalue weighted by Gasteiger charge is -2.02. The molecule has 1 aromatic carbocycles. The third-order valence-electron chi connectivity index (χ3n) is 1.95. The van der Waals surface area contributed by atoms with Crippen LogP contribution in [0.15, 0.2) is 18.2 Å². The summed E-state index contributed by atoms with van der Waals surface area (Å²) in [4.78, 5) is 0. The molecule has 0 atom stereocenters. The van der Waals surface area contributed by atoms with E-state index in [0.29, 0.717) is 0 Å². The predicted octanol–water partition coefficient (Wildman–Crippen LogP) is 6.64. The monoisotopic (exact) mass is 480 g/mol. The number of benzene rings is 1. The molecule has 0 aromatic heterocycles. The Bertz CT molecular complexity index is 286. The zero-order valence-corrected chi connectivity index (χ0v) is 15.8. The van der Waals surface area contributed by atoms with E-state index in [-0.39, 0.29) is 4.03 Å². The topological polar surface area (TPSA) is 0 Å². The first-order valence-corrected chi connectivity index (χ1v) is 12.9. The molecule has 0 amide bonds. The second-order valence-corrected chi connectivity index (χ2v) is 19.2. The summed E-state index contributed by atoms with van der Waals surface area (Å²) in [5.74, 6) is 0. The van der Waals surface area contributed by atoms with Gasteiger partial charge in [-0.2, -0.15) is 0 Å². The fraction of sp³-hybridized carbons (Fsp3) is 0.400. The van der Waals surface area contributed by atoms with E-state index in [1.807, 2.05) is 0 Å². The Kier molecular flexibility index (Phi) is 10.6. The first-order chi connectivity index (χ1) is 6.97. The van der Waals surface area contributed by atoms with Crippen molar-refractivity contribution in [1.29, 1.82) is 0 Å². The fourth-order valence-corrected chi connectivity index (χ4v) is 1.53. The number of hydrogen-bond donors (Lipinski definition) is 0. The normalized spacial score (nSPS) is 9.80. The van der Waals surface area contributed by atoms with Gasteiger partial charge in [-0.3, -0.25) is 0 Å². The number of alkyl halides is 1. The molecule has 0 heterocycles. The van der Waals surface area contributed by atoms with Crippen LogP contribution in [0.2, 0.25) is 0 Å². The smallest absolute Gasteiger partial charge is 0.0924 e. The van der Waals surface area contributed by atoms with Gasteiger partial charge >= 0.3 is 0 Å². The molecule has 0 saturated heterocycles. The third-order valence-corrected chi connectivity index (χ3v) is 2.35. The van der Waals surface area contributed by atoms with E-state index in [2.05, 4.69) is 94.4 Å². The van der Waals surface area contributed by atoms with Crippen molar-refractivity contribution in [2.75, 3.05) is 5.33 Å². The van der Waals surface area contributed by atoms with Crippen LogP contribution < -0.4 is 0 Å². The predicted molar refractivity (Wildman–Crippen MR) is 87.1 cm³/mol. The highest BCUT2D eigenvalue weighted by atomic mass is 80.0. The highest BCUT2D eigenvalue weighted by molar-refractivity contribution is 9.93. The first kappa shape index (κ1) is 16.6. The molecule has 1 aromatic rings. The molecule has 0 aliphatic carbocycles. The average molecular weight is 484 g/mol. The van der Waals surface area contributed by atoms with Crippen molar-refractivity contribution >= 4 is 66.4 Å². The molecule has 0 aliphatic rings. The highest BCUT2D eigenvalue weighted by Crippen LogP contribution is 2.59. The molecule has 0 fully saturated rings. The molecule has 0 unspecified atom stereocenters. The lowest BCUT2D eigenvalue weighted by Crippen LogP contribution is -1.88. The van der Waals surface area contributed by atoms with Crippen LogP contribution in [0.3, 0.4) is 0 Å². The molecule has 5 heteroatoms. The maximum atomic E-state index is 3.43. The largest absolute Gasteiger partial charge is 0.103 e. The number of halogens is 4. The zero-order valence-electron chi connectivity index (χ0n) is 8.61. The average Bonchev–Trinajstić information content (AvgIpc) is 2.11. The highest BCUT2D eigenvalue weighted by Gasteiger charge is 1.94. The first-order valence-electron chi connectivity index (χ1n) is 4.37. The number of hydrogen-bond acceptors (Lipinski definition) is 0. The van der Waals surface area contributed by atoms with Gasteiger partial charge in [-0.25, -0.2) is 0 Å². The summed E-state index contributed by atoms with van der Waals surface area (Å²) in [5, 5.41) is 1.05. The van der Waals surface area contributed by atoms with E-state index in [9.17, 15) is 0 Å². The number of rotatable bonds is 2. The van der Waals surface area contributed by atoms with Crippen LogP contribution in [0.4, 0.5) is 0 Å². The molecule has 86 valence electrons. The maximum absolute atomic E-state index is 3.43. The molecule has 0 N–H and O–H groups in total. The van der Waals surface area contributed by atoms with Crippen molar-refractivity contribution in [3.05, 3.63) is 34.9 Å². The van der Waals surface area contributed by atoms with Crippen LogP contribution in [0.5, 0.6) is 0 Å². The minimum atomic E-state index is -0.183. The van der Waals surface area contributed by atoms with Crippen LogP contribution >= 0.6 is 66.4 Å². The lowest BCUT2D eigenvalue weighted by atomic mass is 10.1. The van der Waals surface area contributed by atoms with Gasteiger partial charge in [0, 0.05) is 5.33 Å². The molecular formula is C10H13Br4P. The Labute approximate surface area is 126 Å². The lowest BCUT2D eigenvalue weighted by molar-refractivity contribution is 1.15. The van der Waals surface area contributed by atoms with Gasteiger partial charge in [-0.05, 0) is 83.4 Å². The number of aryl methyl sites for hydroxylation is 3. The molecule has 1 rings (SSSR count). The molecule has 0 aliphatic heterocycles. The van der Waals surface area contributed by atoms with Crippen LogP contribution in [0, 0.1) is 13.8 Å². The Morgan fingerprint density at radius 1 is 1.07 bits per heavy atom. The zero-order chi connectivity index (χ0) is 11.8. The Balaban J connectivity index is 0.000000423. The van der Waals surface area contributed by atoms with Crippen molar-refractivity contribution in [3.8, 4) is 0 Å². The van der Waals surface area contributed by atoms with Crippen molar-refractivity contribution in [2.45, 2.75) is 20.3 Å². The van der Waals surface area contributed by atoms with Gasteiger partial charge in [0.25, 0.3) is 0 Å². The summed E-state index contributed by atoms with van der Waals surface area (Å²) >= 11 is 12.9. The van der Waals surface area contributed by atoms with Gasteiger partial charge < -0.3 is 0 Å². The molecule has 0 radical (unpaired) electrons. The van der Waals surface area contributed by atoms with Crippen molar-refractivity contribution in [3.63, 3.8) is 0 Å². The summed E-state index contributed by atoms with van der Waals surface area (Å²) in [6.07, 6.45) is 1.13. The van der Waals surface area contributed by atoms with Gasteiger partial charge in [-0.15, -0.1) is 0 Å². The molecular weight excluding hydrogens is 471 g/mol. The van der Waals surface area contributed by atoms with Gasteiger partial charge in [0.05, 0.1) is 0 Å². The van der Waals surface area contributed by atoms with E-state index in [1.165, 1.54) is 16.7 Å². The standard InChI is InChI=1S/C10H13Br.Br3P/c1-8-3-4-10(5-6-11)7-9(8)2;1-4(2)3/h3-4,7H,5-6H2,1-2H3;. The second kappa shape index (κ2) is 9.58. The summed E-state index contributed by atoms with van der Waals surface area (Å²) in [7, 11) is 0. The fourth-order valence-electron chi connectivity index (χ4n) is 1.07. The van der Waals surface area contributed by atoms with Crippen LogP contribution in [-0.2, 0) is 6.42 Å². The quantitative estimate of drug-likeness (QED) is 0.327. The van der Waals surface area contributed by atoms with Crippen LogP contribution in [0.25, 0.3) is 0 Å². The van der Waals surface area contributed by atoms with Gasteiger partial charge in [0.15, 0.2) is 0 Å². The Morgan fingerprint density at radius 3 is 2.00 bits per heavy atom. The van der Waals surface area contributed by atoms with Crippen molar-refractivity contribution < 1.29 is 0 Å². The van der Waals surface area contributed by atoms with Crippen LogP contribution in [0.1, 0.15) is 16.7 Å². The third kappa shape index (κ3) is 9.29. The van der Waals surface area contributed by atoms with Gasteiger partial charge in [0.1, 0.15) is 4.03 Å². The van der Waals surface area contributed by atoms with Gasteiger partial charge in [0.2, 0.25) is 0 Å². The molecule has 0 bridgehead atoms. The maximum Gasteiger partial charge on any atom is 0.103 e. The minimum absolute atomic E-state index is 0.183.